The van der Waals surface area contributed by atoms with Crippen LogP contribution in [-0.2, 0) is 13.1 Å². The summed E-state index contributed by atoms with van der Waals surface area (Å²) in [4.78, 5) is 0. The minimum Gasteiger partial charge on any atom is -0.364 e. The summed E-state index contributed by atoms with van der Waals surface area (Å²) in [6, 6.07) is 5.49. The van der Waals surface area contributed by atoms with Crippen molar-refractivity contribution < 1.29 is 13.3 Å². The van der Waals surface area contributed by atoms with E-state index in [4.69, 9.17) is 0 Å². The van der Waals surface area contributed by atoms with Gasteiger partial charge in [-0.05, 0) is 12.1 Å². The molecule has 0 radical (unpaired) electrons. The summed E-state index contributed by atoms with van der Waals surface area (Å²) in [5.41, 5.74) is 0.725. The van der Waals surface area contributed by atoms with Gasteiger partial charge in [-0.3, -0.25) is 0 Å². The van der Waals surface area contributed by atoms with E-state index >= 15 is 0 Å². The first kappa shape index (κ1) is 10.8. The van der Waals surface area contributed by atoms with Crippen molar-refractivity contribution in [1.82, 2.24) is 10.5 Å². The number of hydrogen-bond acceptors (Lipinski definition) is 3. The monoisotopic (exact) mass is 224 g/mol. The molecule has 0 amide bonds. The van der Waals surface area contributed by atoms with E-state index in [-0.39, 0.29) is 12.1 Å². The van der Waals surface area contributed by atoms with Gasteiger partial charge >= 0.3 is 0 Å². The van der Waals surface area contributed by atoms with Crippen molar-refractivity contribution in [2.75, 3.05) is 0 Å². The normalized spacial score (nSPS) is 10.6. The molecule has 0 aliphatic heterocycles. The van der Waals surface area contributed by atoms with Crippen LogP contribution in [0.15, 0.2) is 35.1 Å². The number of rotatable bonds is 4. The second-order valence-electron chi connectivity index (χ2n) is 3.29. The van der Waals surface area contributed by atoms with E-state index in [0.29, 0.717) is 12.2 Å². The highest BCUT2D eigenvalue weighted by Crippen LogP contribution is 2.11. The molecule has 1 aromatic carbocycles. The Hall–Kier alpha value is -1.75. The van der Waals surface area contributed by atoms with E-state index in [1.807, 2.05) is 0 Å². The molecule has 84 valence electrons. The van der Waals surface area contributed by atoms with Crippen molar-refractivity contribution in [3.05, 3.63) is 53.4 Å². The number of hydrogen-bond donors (Lipinski definition) is 1. The lowest BCUT2D eigenvalue weighted by Crippen LogP contribution is -2.15. The fourth-order valence-corrected chi connectivity index (χ4v) is 1.35. The average Bonchev–Trinajstić information content (AvgIpc) is 2.75. The third-order valence-corrected chi connectivity index (χ3v) is 2.16. The Balaban J connectivity index is 1.95. The summed E-state index contributed by atoms with van der Waals surface area (Å²) >= 11 is 0. The van der Waals surface area contributed by atoms with E-state index in [2.05, 4.69) is 15.0 Å². The summed E-state index contributed by atoms with van der Waals surface area (Å²) < 4.78 is 31.0. The number of halogens is 2. The molecular formula is C11H10F2N2O. The van der Waals surface area contributed by atoms with Crippen LogP contribution >= 0.6 is 0 Å². The maximum Gasteiger partial charge on any atom is 0.130 e. The van der Waals surface area contributed by atoms with Gasteiger partial charge in [0.2, 0.25) is 0 Å². The molecule has 0 bridgehead atoms. The molecule has 1 heterocycles. The first-order valence-electron chi connectivity index (χ1n) is 4.80. The number of benzene rings is 1. The Bertz CT molecular complexity index is 437. The molecule has 0 atom stereocenters. The molecular weight excluding hydrogens is 214 g/mol. The number of nitrogens with one attached hydrogen (secondary N) is 1. The smallest absolute Gasteiger partial charge is 0.130 e. The summed E-state index contributed by atoms with van der Waals surface area (Å²) in [6.07, 6.45) is 1.45. The summed E-state index contributed by atoms with van der Waals surface area (Å²) in [7, 11) is 0. The Kier molecular flexibility index (Phi) is 3.26. The van der Waals surface area contributed by atoms with Crippen molar-refractivity contribution in [3.63, 3.8) is 0 Å². The first-order valence-corrected chi connectivity index (χ1v) is 4.80. The number of nitrogens with zero attached hydrogens (tertiary/aromatic N) is 1. The van der Waals surface area contributed by atoms with E-state index in [0.717, 1.165) is 0 Å². The van der Waals surface area contributed by atoms with Crippen LogP contribution in [0.25, 0.3) is 0 Å². The molecule has 2 rings (SSSR count). The van der Waals surface area contributed by atoms with Crippen molar-refractivity contribution in [2.24, 2.45) is 0 Å². The zero-order chi connectivity index (χ0) is 11.4. The summed E-state index contributed by atoms with van der Waals surface area (Å²) in [5, 5.41) is 6.55. The van der Waals surface area contributed by atoms with Crippen LogP contribution in [0.1, 0.15) is 11.3 Å². The third-order valence-electron chi connectivity index (χ3n) is 2.16. The van der Waals surface area contributed by atoms with Crippen LogP contribution in [-0.4, -0.2) is 5.16 Å². The molecule has 16 heavy (non-hydrogen) atoms. The van der Waals surface area contributed by atoms with Gasteiger partial charge in [0.25, 0.3) is 0 Å². The molecule has 2 aromatic rings. The maximum atomic E-state index is 13.2. The Labute approximate surface area is 91.1 Å². The van der Waals surface area contributed by atoms with Crippen molar-refractivity contribution in [2.45, 2.75) is 13.1 Å². The topological polar surface area (TPSA) is 38.1 Å². The Morgan fingerprint density at radius 1 is 1.12 bits per heavy atom. The zero-order valence-electron chi connectivity index (χ0n) is 8.41. The van der Waals surface area contributed by atoms with Crippen molar-refractivity contribution in [3.8, 4) is 0 Å². The first-order chi connectivity index (χ1) is 7.77. The lowest BCUT2D eigenvalue weighted by Gasteiger charge is -2.05. The quantitative estimate of drug-likeness (QED) is 0.865. The fourth-order valence-electron chi connectivity index (χ4n) is 1.35. The second-order valence-corrected chi connectivity index (χ2v) is 3.29. The summed E-state index contributed by atoms with van der Waals surface area (Å²) in [5.74, 6) is -1.10. The summed E-state index contributed by atoms with van der Waals surface area (Å²) in [6.45, 7) is 0.523. The van der Waals surface area contributed by atoms with Gasteiger partial charge in [-0.1, -0.05) is 11.2 Å². The van der Waals surface area contributed by atoms with Crippen LogP contribution < -0.4 is 5.32 Å². The van der Waals surface area contributed by atoms with Gasteiger partial charge in [-0.2, -0.15) is 0 Å². The molecule has 0 saturated heterocycles. The van der Waals surface area contributed by atoms with Gasteiger partial charge in [0.1, 0.15) is 17.9 Å². The highest BCUT2D eigenvalue weighted by atomic mass is 19.1. The average molecular weight is 224 g/mol. The zero-order valence-corrected chi connectivity index (χ0v) is 8.41. The predicted octanol–water partition coefficient (Wildman–Crippen LogP) is 2.24. The van der Waals surface area contributed by atoms with Gasteiger partial charge < -0.3 is 9.84 Å². The van der Waals surface area contributed by atoms with E-state index < -0.39 is 11.6 Å². The molecule has 5 heteroatoms. The molecule has 0 aliphatic carbocycles. The molecule has 0 unspecified atom stereocenters. The van der Waals surface area contributed by atoms with E-state index in [1.165, 1.54) is 24.5 Å². The van der Waals surface area contributed by atoms with Crippen LogP contribution in [0.4, 0.5) is 8.78 Å². The molecule has 0 aliphatic rings. The number of aromatic nitrogens is 1. The van der Waals surface area contributed by atoms with E-state index in [1.54, 1.807) is 6.07 Å². The standard InChI is InChI=1S/C11H10F2N2O/c12-10-2-1-3-11(13)9(10)7-14-6-8-4-5-16-15-8/h1-5,14H,6-7H2. The minimum atomic E-state index is -0.548. The second kappa shape index (κ2) is 4.85. The fraction of sp³-hybridized carbons (Fsp3) is 0.182. The van der Waals surface area contributed by atoms with Gasteiger partial charge in [0, 0.05) is 24.7 Å². The SMILES string of the molecule is Fc1cccc(F)c1CNCc1ccon1. The lowest BCUT2D eigenvalue weighted by atomic mass is 10.2. The molecule has 0 spiro atoms. The molecule has 1 N–H and O–H groups in total. The van der Waals surface area contributed by atoms with E-state index in [9.17, 15) is 8.78 Å². The Morgan fingerprint density at radius 2 is 1.88 bits per heavy atom. The molecule has 3 nitrogen and oxygen atoms in total. The molecule has 0 saturated carbocycles. The molecule has 0 fully saturated rings. The van der Waals surface area contributed by atoms with Crippen molar-refractivity contribution in [1.29, 1.82) is 0 Å². The van der Waals surface area contributed by atoms with Gasteiger partial charge in [-0.25, -0.2) is 8.78 Å². The van der Waals surface area contributed by atoms with Crippen molar-refractivity contribution >= 4 is 0 Å². The molecule has 1 aromatic heterocycles. The minimum absolute atomic E-state index is 0.0333. The predicted molar refractivity (Wildman–Crippen MR) is 53.4 cm³/mol. The lowest BCUT2D eigenvalue weighted by molar-refractivity contribution is 0.408. The maximum absolute atomic E-state index is 13.2. The van der Waals surface area contributed by atoms with Gasteiger partial charge in [0.05, 0.1) is 5.69 Å². The van der Waals surface area contributed by atoms with Crippen LogP contribution in [0.5, 0.6) is 0 Å². The third kappa shape index (κ3) is 2.43. The van der Waals surface area contributed by atoms with Gasteiger partial charge in [0.15, 0.2) is 0 Å². The highest BCUT2D eigenvalue weighted by Gasteiger charge is 2.07. The Morgan fingerprint density at radius 3 is 2.50 bits per heavy atom. The van der Waals surface area contributed by atoms with Gasteiger partial charge in [-0.15, -0.1) is 0 Å². The van der Waals surface area contributed by atoms with Crippen LogP contribution in [0.3, 0.4) is 0 Å². The largest absolute Gasteiger partial charge is 0.364 e. The highest BCUT2D eigenvalue weighted by molar-refractivity contribution is 5.19. The van der Waals surface area contributed by atoms with Crippen LogP contribution in [0.2, 0.25) is 0 Å². The van der Waals surface area contributed by atoms with Crippen LogP contribution in [0, 0.1) is 11.6 Å².